The van der Waals surface area contributed by atoms with E-state index in [1.165, 1.54) is 6.07 Å². The fourth-order valence-corrected chi connectivity index (χ4v) is 3.16. The van der Waals surface area contributed by atoms with Crippen molar-refractivity contribution in [3.8, 4) is 34.2 Å². The van der Waals surface area contributed by atoms with Crippen molar-refractivity contribution in [3.05, 3.63) is 102 Å². The summed E-state index contributed by atoms with van der Waals surface area (Å²) in [5.74, 6) is 1.19. The monoisotopic (exact) mass is 665 g/mol. The molecule has 2 aromatic carbocycles. The summed E-state index contributed by atoms with van der Waals surface area (Å²) in [5.41, 5.74) is 3.48. The number of aromatic nitrogens is 6. The minimum absolute atomic E-state index is 0. The molecule has 0 saturated heterocycles. The zero-order valence-electron chi connectivity index (χ0n) is 19.2. The van der Waals surface area contributed by atoms with E-state index < -0.39 is 11.7 Å². The molecule has 0 aliphatic rings. The van der Waals surface area contributed by atoms with E-state index >= 15 is 0 Å². The van der Waals surface area contributed by atoms with Crippen LogP contribution in [0.25, 0.3) is 34.2 Å². The van der Waals surface area contributed by atoms with E-state index in [9.17, 15) is 13.2 Å². The molecule has 0 saturated carbocycles. The Morgan fingerprint density at radius 1 is 0.861 bits per heavy atom. The van der Waals surface area contributed by atoms with Gasteiger partial charge in [0.15, 0.2) is 0 Å². The molecule has 0 atom stereocenters. The van der Waals surface area contributed by atoms with E-state index in [2.05, 4.69) is 36.2 Å². The zero-order valence-corrected chi connectivity index (χ0v) is 21.6. The van der Waals surface area contributed by atoms with Gasteiger partial charge in [-0.25, -0.2) is 0 Å². The number of hydrogen-bond acceptors (Lipinski definition) is 5. The van der Waals surface area contributed by atoms with Crippen molar-refractivity contribution in [2.75, 3.05) is 0 Å². The summed E-state index contributed by atoms with van der Waals surface area (Å²) in [5, 5.41) is 8.10. The largest absolute Gasteiger partial charge is 0.417 e. The third-order valence-electron chi connectivity index (χ3n) is 4.84. The molecule has 0 unspecified atom stereocenters. The first-order valence-corrected chi connectivity index (χ1v) is 10.5. The Kier molecular flexibility index (Phi) is 8.79. The smallest absolute Gasteiger partial charge is 0.381 e. The second-order valence-electron chi connectivity index (χ2n) is 7.47. The van der Waals surface area contributed by atoms with Crippen LogP contribution in [-0.4, -0.2) is 25.0 Å². The summed E-state index contributed by atoms with van der Waals surface area (Å²) in [4.78, 5) is 16.9. The van der Waals surface area contributed by atoms with Crippen LogP contribution in [0.3, 0.4) is 0 Å². The van der Waals surface area contributed by atoms with Crippen LogP contribution in [0, 0.1) is 19.9 Å². The van der Waals surface area contributed by atoms with Crippen LogP contribution < -0.4 is 5.10 Å². The molecule has 5 rings (SSSR count). The Bertz CT molecular complexity index is 1340. The predicted molar refractivity (Wildman–Crippen MR) is 125 cm³/mol. The summed E-state index contributed by atoms with van der Waals surface area (Å²) in [7, 11) is 0. The van der Waals surface area contributed by atoms with Gasteiger partial charge in [0, 0.05) is 43.9 Å². The van der Waals surface area contributed by atoms with Crippen molar-refractivity contribution >= 4 is 0 Å². The van der Waals surface area contributed by atoms with Gasteiger partial charge in [-0.3, -0.25) is 15.1 Å². The van der Waals surface area contributed by atoms with Gasteiger partial charge in [-0.15, -0.1) is 29.8 Å². The number of hydrogen-bond donors (Lipinski definition) is 0. The summed E-state index contributed by atoms with van der Waals surface area (Å²) >= 11 is 0. The first-order chi connectivity index (χ1) is 16.8. The van der Waals surface area contributed by atoms with Crippen LogP contribution in [0.4, 0.5) is 13.2 Å². The average Bonchev–Trinajstić information content (AvgIpc) is 3.36. The molecule has 0 spiro atoms. The number of alkyl halides is 3. The minimum Gasteiger partial charge on any atom is -0.417 e. The SMILES string of the molecule is Cc1cnc(-c2[c-]cc(C(F)(F)F)cc2)c(C)n1.[Ir].c1ccc(-c2n[n-]c(-c3ccccn3)n2)cc1. The van der Waals surface area contributed by atoms with Crippen LogP contribution >= 0.6 is 0 Å². The normalized spacial score (nSPS) is 10.7. The van der Waals surface area contributed by atoms with Gasteiger partial charge in [-0.1, -0.05) is 36.4 Å². The van der Waals surface area contributed by atoms with E-state index in [-0.39, 0.29) is 20.1 Å². The first kappa shape index (κ1) is 26.8. The van der Waals surface area contributed by atoms with Gasteiger partial charge < -0.3 is 15.1 Å². The summed E-state index contributed by atoms with van der Waals surface area (Å²) < 4.78 is 37.2. The van der Waals surface area contributed by atoms with Gasteiger partial charge in [-0.05, 0) is 42.9 Å². The third kappa shape index (κ3) is 6.68. The molecule has 0 aliphatic heterocycles. The first-order valence-electron chi connectivity index (χ1n) is 10.5. The quantitative estimate of drug-likeness (QED) is 0.229. The van der Waals surface area contributed by atoms with Crippen molar-refractivity contribution in [3.63, 3.8) is 0 Å². The Labute approximate surface area is 219 Å². The van der Waals surface area contributed by atoms with Crippen LogP contribution in [0.2, 0.25) is 0 Å². The number of halogens is 3. The van der Waals surface area contributed by atoms with E-state index in [1.807, 2.05) is 48.5 Å². The maximum Gasteiger partial charge on any atom is 0.381 e. The number of aryl methyl sites for hydroxylation is 2. The number of rotatable bonds is 3. The van der Waals surface area contributed by atoms with Gasteiger partial charge in [-0.2, -0.15) is 13.2 Å². The van der Waals surface area contributed by atoms with Crippen molar-refractivity contribution < 1.29 is 33.3 Å². The molecule has 36 heavy (non-hydrogen) atoms. The standard InChI is InChI=1S/C13H10F3N2.C13H9N4.Ir/c1-8-7-17-12(9(2)18-8)10-3-5-11(6-4-10)13(14,15)16;1-2-6-10(7-3-1)12-15-13(17-16-12)11-8-4-5-9-14-11;/h3,5-7H,1-2H3;1-9H;/q2*-1;. The van der Waals surface area contributed by atoms with Crippen molar-refractivity contribution in [2.45, 2.75) is 20.0 Å². The van der Waals surface area contributed by atoms with E-state index in [4.69, 9.17) is 0 Å². The van der Waals surface area contributed by atoms with Gasteiger partial charge in [0.1, 0.15) is 0 Å². The van der Waals surface area contributed by atoms with Crippen molar-refractivity contribution in [1.82, 2.24) is 30.1 Å². The van der Waals surface area contributed by atoms with Crippen LogP contribution in [0.5, 0.6) is 0 Å². The van der Waals surface area contributed by atoms with Crippen LogP contribution in [0.1, 0.15) is 17.0 Å². The van der Waals surface area contributed by atoms with Crippen molar-refractivity contribution in [2.24, 2.45) is 0 Å². The van der Waals surface area contributed by atoms with Gasteiger partial charge in [0.05, 0.1) is 17.2 Å². The predicted octanol–water partition coefficient (Wildman–Crippen LogP) is 5.74. The molecule has 185 valence electrons. The fraction of sp³-hybridized carbons (Fsp3) is 0.115. The molecule has 5 aromatic rings. The molecule has 3 aromatic heterocycles. The number of benzene rings is 2. The molecule has 0 bridgehead atoms. The van der Waals surface area contributed by atoms with Crippen LogP contribution in [-0.2, 0) is 26.3 Å². The molecule has 3 heterocycles. The Hall–Kier alpha value is -3.75. The fourth-order valence-electron chi connectivity index (χ4n) is 3.16. The molecule has 6 nitrogen and oxygen atoms in total. The Morgan fingerprint density at radius 2 is 1.61 bits per heavy atom. The zero-order chi connectivity index (χ0) is 24.8. The number of nitrogens with zero attached hydrogens (tertiary/aromatic N) is 6. The third-order valence-corrected chi connectivity index (χ3v) is 4.84. The van der Waals surface area contributed by atoms with Gasteiger partial charge >= 0.3 is 6.18 Å². The topological polar surface area (TPSA) is 78.5 Å². The van der Waals surface area contributed by atoms with Crippen molar-refractivity contribution in [1.29, 1.82) is 0 Å². The minimum atomic E-state index is -4.34. The molecular formula is C26H19F3IrN6-2. The molecule has 0 fully saturated rings. The summed E-state index contributed by atoms with van der Waals surface area (Å²) in [6, 6.07) is 21.3. The van der Waals surface area contributed by atoms with E-state index in [1.54, 1.807) is 26.2 Å². The molecule has 10 heteroatoms. The Balaban J connectivity index is 0.000000195. The van der Waals surface area contributed by atoms with Gasteiger partial charge in [0.25, 0.3) is 0 Å². The maximum atomic E-state index is 12.4. The molecule has 0 aliphatic carbocycles. The maximum absolute atomic E-state index is 12.4. The summed E-state index contributed by atoms with van der Waals surface area (Å²) in [6.07, 6.45) is -1.05. The number of pyridine rings is 1. The van der Waals surface area contributed by atoms with Gasteiger partial charge in [0.2, 0.25) is 0 Å². The second kappa shape index (κ2) is 11.8. The molecule has 0 amide bonds. The average molecular weight is 665 g/mol. The summed E-state index contributed by atoms with van der Waals surface area (Å²) in [6.45, 7) is 3.57. The molecule has 0 N–H and O–H groups in total. The Morgan fingerprint density at radius 3 is 2.22 bits per heavy atom. The van der Waals surface area contributed by atoms with E-state index in [0.29, 0.717) is 28.6 Å². The molecular weight excluding hydrogens is 646 g/mol. The van der Waals surface area contributed by atoms with Crippen LogP contribution in [0.15, 0.2) is 79.1 Å². The second-order valence-corrected chi connectivity index (χ2v) is 7.47. The van der Waals surface area contributed by atoms with E-state index in [0.717, 1.165) is 29.1 Å². The molecule has 1 radical (unpaired) electrons.